The summed E-state index contributed by atoms with van der Waals surface area (Å²) in [6.45, 7) is 0.220. The zero-order valence-corrected chi connectivity index (χ0v) is 4.79. The molecule has 0 atom stereocenters. The fourth-order valence-corrected chi connectivity index (χ4v) is 0.348. The molecular weight excluding hydrogens is 122 g/mol. The lowest BCUT2D eigenvalue weighted by atomic mass is 10.3. The van der Waals surface area contributed by atoms with Gasteiger partial charge in [0.15, 0.2) is 0 Å². The quantitative estimate of drug-likeness (QED) is 0.273. The van der Waals surface area contributed by atoms with Gasteiger partial charge in [-0.05, 0) is 12.8 Å². The molecule has 0 bridgehead atoms. The monoisotopic (exact) mass is 128 g/mol. The first kappa shape index (κ1) is 7.85. The number of carboxylic acids is 1. The molecule has 0 saturated heterocycles. The Labute approximate surface area is 52.2 Å². The first-order chi connectivity index (χ1) is 4.27. The van der Waals surface area contributed by atoms with Crippen molar-refractivity contribution >= 4 is 12.0 Å². The van der Waals surface area contributed by atoms with Crippen LogP contribution in [0.25, 0.3) is 0 Å². The highest BCUT2D eigenvalue weighted by atomic mass is 16.4. The Morgan fingerprint density at radius 2 is 2.33 bits per heavy atom. The second-order valence-corrected chi connectivity index (χ2v) is 1.45. The molecule has 0 saturated carbocycles. The molecule has 0 fully saturated rings. The van der Waals surface area contributed by atoms with E-state index in [0.717, 1.165) is 0 Å². The van der Waals surface area contributed by atoms with E-state index in [1.165, 1.54) is 6.08 Å². The molecule has 9 heavy (non-hydrogen) atoms. The summed E-state index contributed by atoms with van der Waals surface area (Å²) >= 11 is 0. The number of carbonyl (C=O) groups excluding carboxylic acids is 2. The van der Waals surface area contributed by atoms with Crippen LogP contribution in [0.15, 0.2) is 4.99 Å². The summed E-state index contributed by atoms with van der Waals surface area (Å²) in [7, 11) is 0. The normalized spacial score (nSPS) is 8.00. The molecule has 0 rings (SSSR count). The molecule has 0 spiro atoms. The van der Waals surface area contributed by atoms with E-state index in [1.54, 1.807) is 0 Å². The van der Waals surface area contributed by atoms with Gasteiger partial charge in [0.05, 0.1) is 6.54 Å². The van der Waals surface area contributed by atoms with E-state index >= 15 is 0 Å². The SMILES string of the molecule is O=C=NCCCC(=O)[O-]. The zero-order valence-electron chi connectivity index (χ0n) is 4.79. The van der Waals surface area contributed by atoms with Gasteiger partial charge >= 0.3 is 0 Å². The average Bonchev–Trinajstić information content (AvgIpc) is 1.80. The summed E-state index contributed by atoms with van der Waals surface area (Å²) in [4.78, 5) is 22.3. The van der Waals surface area contributed by atoms with Crippen molar-refractivity contribution in [2.75, 3.05) is 6.54 Å². The summed E-state index contributed by atoms with van der Waals surface area (Å²) in [6, 6.07) is 0. The smallest absolute Gasteiger partial charge is 0.234 e. The second kappa shape index (κ2) is 5.00. The van der Waals surface area contributed by atoms with Crippen LogP contribution in [0.2, 0.25) is 0 Å². The summed E-state index contributed by atoms with van der Waals surface area (Å²) in [5.74, 6) is -1.11. The largest absolute Gasteiger partial charge is 0.550 e. The van der Waals surface area contributed by atoms with Gasteiger partial charge in [0.2, 0.25) is 6.08 Å². The summed E-state index contributed by atoms with van der Waals surface area (Å²) < 4.78 is 0. The van der Waals surface area contributed by atoms with Crippen molar-refractivity contribution < 1.29 is 14.7 Å². The number of isocyanates is 1. The number of carboxylic acid groups (broad SMARTS) is 1. The van der Waals surface area contributed by atoms with Crippen LogP contribution in [0, 0.1) is 0 Å². The van der Waals surface area contributed by atoms with Crippen LogP contribution in [-0.2, 0) is 9.59 Å². The molecule has 50 valence electrons. The molecule has 0 aromatic heterocycles. The molecule has 0 N–H and O–H groups in total. The highest BCUT2D eigenvalue weighted by Crippen LogP contribution is 1.85. The summed E-state index contributed by atoms with van der Waals surface area (Å²) in [5, 5.41) is 9.71. The Morgan fingerprint density at radius 3 is 2.78 bits per heavy atom. The Balaban J connectivity index is 3.10. The van der Waals surface area contributed by atoms with Gasteiger partial charge in [0.1, 0.15) is 0 Å². The van der Waals surface area contributed by atoms with Crippen LogP contribution in [0.4, 0.5) is 0 Å². The van der Waals surface area contributed by atoms with Crippen molar-refractivity contribution in [3.05, 3.63) is 0 Å². The second-order valence-electron chi connectivity index (χ2n) is 1.45. The Bertz CT molecular complexity index is 135. The highest BCUT2D eigenvalue weighted by molar-refractivity contribution is 5.64. The molecule has 0 aliphatic carbocycles. The van der Waals surface area contributed by atoms with E-state index in [9.17, 15) is 14.7 Å². The van der Waals surface area contributed by atoms with E-state index in [1.807, 2.05) is 0 Å². The lowest BCUT2D eigenvalue weighted by molar-refractivity contribution is -0.305. The first-order valence-corrected chi connectivity index (χ1v) is 2.51. The van der Waals surface area contributed by atoms with Crippen molar-refractivity contribution in [1.29, 1.82) is 0 Å². The number of rotatable bonds is 4. The number of aliphatic carboxylic acids is 1. The van der Waals surface area contributed by atoms with Crippen LogP contribution in [0.5, 0.6) is 0 Å². The number of hydrogen-bond donors (Lipinski definition) is 0. The molecule has 0 heterocycles. The van der Waals surface area contributed by atoms with Gasteiger partial charge in [-0.2, -0.15) is 0 Å². The third-order valence-electron chi connectivity index (χ3n) is 0.715. The summed E-state index contributed by atoms with van der Waals surface area (Å²) in [5.41, 5.74) is 0. The molecule has 0 unspecified atom stereocenters. The number of carbonyl (C=O) groups is 1. The maximum atomic E-state index is 9.71. The zero-order chi connectivity index (χ0) is 7.11. The highest BCUT2D eigenvalue weighted by Gasteiger charge is 1.84. The minimum atomic E-state index is -1.11. The van der Waals surface area contributed by atoms with Gasteiger partial charge in [0.25, 0.3) is 0 Å². The van der Waals surface area contributed by atoms with Gasteiger partial charge in [-0.25, -0.2) is 9.79 Å². The van der Waals surface area contributed by atoms with Crippen molar-refractivity contribution in [3.63, 3.8) is 0 Å². The number of nitrogens with zero attached hydrogens (tertiary/aromatic N) is 1. The lowest BCUT2D eigenvalue weighted by Gasteiger charge is -1.95. The predicted molar refractivity (Wildman–Crippen MR) is 27.2 cm³/mol. The first-order valence-electron chi connectivity index (χ1n) is 2.51. The van der Waals surface area contributed by atoms with E-state index < -0.39 is 5.97 Å². The molecule has 0 aromatic carbocycles. The van der Waals surface area contributed by atoms with Gasteiger partial charge in [-0.3, -0.25) is 0 Å². The molecule has 0 radical (unpaired) electrons. The van der Waals surface area contributed by atoms with Crippen LogP contribution in [0.1, 0.15) is 12.8 Å². The van der Waals surface area contributed by atoms with Crippen molar-refractivity contribution in [1.82, 2.24) is 0 Å². The third kappa shape index (κ3) is 6.85. The summed E-state index contributed by atoms with van der Waals surface area (Å²) in [6.07, 6.45) is 1.60. The van der Waals surface area contributed by atoms with Crippen LogP contribution in [-0.4, -0.2) is 18.6 Å². The minimum Gasteiger partial charge on any atom is -0.550 e. The molecule has 0 aromatic rings. The average molecular weight is 128 g/mol. The van der Waals surface area contributed by atoms with E-state index in [-0.39, 0.29) is 13.0 Å². The number of aliphatic imine (C=N–C) groups is 1. The lowest BCUT2D eigenvalue weighted by Crippen LogP contribution is -2.21. The minimum absolute atomic E-state index is 0.0504. The predicted octanol–water partition coefficient (Wildman–Crippen LogP) is -1.15. The Morgan fingerprint density at radius 1 is 1.67 bits per heavy atom. The van der Waals surface area contributed by atoms with Crippen LogP contribution < -0.4 is 5.11 Å². The van der Waals surface area contributed by atoms with Crippen molar-refractivity contribution in [2.45, 2.75) is 12.8 Å². The molecular formula is C5H6NO3-. The Kier molecular flexibility index (Phi) is 4.36. The maximum Gasteiger partial charge on any atom is 0.234 e. The van der Waals surface area contributed by atoms with E-state index in [0.29, 0.717) is 6.42 Å². The van der Waals surface area contributed by atoms with Gasteiger partial charge in [-0.1, -0.05) is 0 Å². The topological polar surface area (TPSA) is 69.6 Å². The maximum absolute atomic E-state index is 9.71. The molecule has 4 heteroatoms. The van der Waals surface area contributed by atoms with E-state index in [4.69, 9.17) is 0 Å². The third-order valence-corrected chi connectivity index (χ3v) is 0.715. The standard InChI is InChI=1S/C5H7NO3/c7-4-6-3-1-2-5(8)9/h1-3H2,(H,8,9)/p-1. The van der Waals surface area contributed by atoms with Crippen LogP contribution in [0.3, 0.4) is 0 Å². The molecule has 0 amide bonds. The van der Waals surface area contributed by atoms with Gasteiger partial charge < -0.3 is 9.90 Å². The Hall–Kier alpha value is -1.15. The fourth-order valence-electron chi connectivity index (χ4n) is 0.348. The molecule has 4 nitrogen and oxygen atoms in total. The fraction of sp³-hybridized carbons (Fsp3) is 0.600. The van der Waals surface area contributed by atoms with Crippen molar-refractivity contribution in [2.24, 2.45) is 4.99 Å². The van der Waals surface area contributed by atoms with Gasteiger partial charge in [-0.15, -0.1) is 0 Å². The number of hydrogen-bond acceptors (Lipinski definition) is 4. The van der Waals surface area contributed by atoms with Crippen LogP contribution >= 0.6 is 0 Å². The molecule has 0 aliphatic heterocycles. The van der Waals surface area contributed by atoms with Gasteiger partial charge in [0, 0.05) is 5.97 Å². The molecule has 0 aliphatic rings. The van der Waals surface area contributed by atoms with Crippen molar-refractivity contribution in [3.8, 4) is 0 Å². The van der Waals surface area contributed by atoms with E-state index in [2.05, 4.69) is 4.99 Å².